The molecule has 0 radical (unpaired) electrons. The third-order valence-electron chi connectivity index (χ3n) is 3.04. The van der Waals surface area contributed by atoms with Gasteiger partial charge in [0, 0.05) is 6.07 Å². The quantitative estimate of drug-likeness (QED) is 0.675. The molecule has 4 heteroatoms. The van der Waals surface area contributed by atoms with Crippen molar-refractivity contribution in [3.05, 3.63) is 70.7 Å². The first-order valence-electron chi connectivity index (χ1n) is 6.13. The summed E-state index contributed by atoms with van der Waals surface area (Å²) in [6, 6.07) is 11.0. The second-order valence-electron chi connectivity index (χ2n) is 4.50. The van der Waals surface area contributed by atoms with Gasteiger partial charge in [0.25, 0.3) is 5.91 Å². The molecule has 98 valence electrons. The number of hydrogen-bond donors (Lipinski definition) is 1. The molecule has 1 N–H and O–H groups in total. The minimum atomic E-state index is -0.249. The lowest BCUT2D eigenvalue weighted by Gasteiger charge is -2.16. The van der Waals surface area contributed by atoms with Gasteiger partial charge in [0.15, 0.2) is 12.4 Å². The summed E-state index contributed by atoms with van der Waals surface area (Å²) >= 11 is 0. The van der Waals surface area contributed by atoms with Gasteiger partial charge in [-0.2, -0.15) is 4.73 Å². The number of benzene rings is 1. The van der Waals surface area contributed by atoms with Crippen molar-refractivity contribution in [2.24, 2.45) is 0 Å². The number of aryl methyl sites for hydroxylation is 1. The number of amides is 1. The van der Waals surface area contributed by atoms with Crippen molar-refractivity contribution in [2.75, 3.05) is 0 Å². The van der Waals surface area contributed by atoms with Gasteiger partial charge in [0.05, 0.1) is 6.04 Å². The van der Waals surface area contributed by atoms with Crippen LogP contribution in [0.25, 0.3) is 0 Å². The third-order valence-corrected chi connectivity index (χ3v) is 3.04. The van der Waals surface area contributed by atoms with Gasteiger partial charge in [0.2, 0.25) is 0 Å². The Kier molecular flexibility index (Phi) is 3.80. The fraction of sp³-hybridized carbons (Fsp3) is 0.200. The molecular formula is C15H16N2O2. The highest BCUT2D eigenvalue weighted by Gasteiger charge is 2.14. The van der Waals surface area contributed by atoms with Crippen molar-refractivity contribution >= 4 is 5.91 Å². The third kappa shape index (κ3) is 3.10. The summed E-state index contributed by atoms with van der Waals surface area (Å²) in [5.74, 6) is -0.249. The Balaban J connectivity index is 2.13. The lowest BCUT2D eigenvalue weighted by molar-refractivity contribution is -0.605. The van der Waals surface area contributed by atoms with Gasteiger partial charge >= 0.3 is 0 Å². The molecule has 0 saturated heterocycles. The first-order chi connectivity index (χ1) is 9.08. The number of aromatic nitrogens is 1. The van der Waals surface area contributed by atoms with Gasteiger partial charge < -0.3 is 10.5 Å². The van der Waals surface area contributed by atoms with Crippen molar-refractivity contribution in [3.8, 4) is 0 Å². The van der Waals surface area contributed by atoms with E-state index in [1.54, 1.807) is 12.1 Å². The van der Waals surface area contributed by atoms with Crippen LogP contribution in [0.4, 0.5) is 0 Å². The van der Waals surface area contributed by atoms with Crippen LogP contribution >= 0.6 is 0 Å². The zero-order chi connectivity index (χ0) is 13.8. The minimum absolute atomic E-state index is 0.103. The predicted octanol–water partition coefficient (Wildman–Crippen LogP) is 2.12. The van der Waals surface area contributed by atoms with Gasteiger partial charge in [0.1, 0.15) is 5.56 Å². The molecule has 1 amide bonds. The van der Waals surface area contributed by atoms with E-state index in [0.717, 1.165) is 11.1 Å². The molecule has 2 aromatic rings. The molecule has 1 atom stereocenters. The van der Waals surface area contributed by atoms with Crippen LogP contribution in [0.3, 0.4) is 0 Å². The van der Waals surface area contributed by atoms with E-state index >= 15 is 0 Å². The Morgan fingerprint density at radius 3 is 2.68 bits per heavy atom. The number of nitrogens with one attached hydrogen (secondary N) is 1. The number of nitrogens with zero attached hydrogens (tertiary/aromatic N) is 1. The molecule has 2 rings (SSSR count). The maximum absolute atomic E-state index is 12.0. The maximum Gasteiger partial charge on any atom is 0.257 e. The van der Waals surface area contributed by atoms with Crippen LogP contribution in [0.5, 0.6) is 0 Å². The van der Waals surface area contributed by atoms with E-state index in [9.17, 15) is 10.0 Å². The molecular weight excluding hydrogens is 240 g/mol. The van der Waals surface area contributed by atoms with Gasteiger partial charge in [-0.1, -0.05) is 24.3 Å². The summed E-state index contributed by atoms with van der Waals surface area (Å²) in [4.78, 5) is 12.0. The number of rotatable bonds is 3. The van der Waals surface area contributed by atoms with E-state index in [-0.39, 0.29) is 11.9 Å². The lowest BCUT2D eigenvalue weighted by Crippen LogP contribution is -2.31. The Labute approximate surface area is 112 Å². The minimum Gasteiger partial charge on any atom is -0.619 e. The zero-order valence-corrected chi connectivity index (χ0v) is 11.0. The molecule has 1 heterocycles. The summed E-state index contributed by atoms with van der Waals surface area (Å²) in [5, 5.41) is 14.0. The SMILES string of the molecule is Cc1ccccc1[C@@H](C)NC(=O)c1ccc[n+]([O-])c1. The Morgan fingerprint density at radius 1 is 1.26 bits per heavy atom. The number of hydrogen-bond acceptors (Lipinski definition) is 2. The van der Waals surface area contributed by atoms with E-state index < -0.39 is 0 Å². The first kappa shape index (κ1) is 13.1. The van der Waals surface area contributed by atoms with E-state index in [0.29, 0.717) is 10.3 Å². The van der Waals surface area contributed by atoms with Gasteiger partial charge in [-0.15, -0.1) is 0 Å². The first-order valence-corrected chi connectivity index (χ1v) is 6.13. The second-order valence-corrected chi connectivity index (χ2v) is 4.50. The van der Waals surface area contributed by atoms with Crippen LogP contribution in [0.15, 0.2) is 48.8 Å². The highest BCUT2D eigenvalue weighted by Crippen LogP contribution is 2.16. The molecule has 0 aliphatic carbocycles. The lowest BCUT2D eigenvalue weighted by atomic mass is 10.0. The largest absolute Gasteiger partial charge is 0.619 e. The van der Waals surface area contributed by atoms with E-state index in [1.165, 1.54) is 12.4 Å². The van der Waals surface area contributed by atoms with Crippen LogP contribution in [-0.4, -0.2) is 5.91 Å². The highest BCUT2D eigenvalue weighted by molar-refractivity contribution is 5.93. The fourth-order valence-corrected chi connectivity index (χ4v) is 2.02. The highest BCUT2D eigenvalue weighted by atomic mass is 16.5. The van der Waals surface area contributed by atoms with Crippen LogP contribution in [0.2, 0.25) is 0 Å². The zero-order valence-electron chi connectivity index (χ0n) is 11.0. The van der Waals surface area contributed by atoms with Gasteiger partial charge in [-0.3, -0.25) is 4.79 Å². The van der Waals surface area contributed by atoms with Crippen molar-refractivity contribution in [1.82, 2.24) is 5.32 Å². The molecule has 0 fully saturated rings. The number of carbonyl (C=O) groups is 1. The Morgan fingerprint density at radius 2 is 2.00 bits per heavy atom. The van der Waals surface area contributed by atoms with Crippen molar-refractivity contribution in [3.63, 3.8) is 0 Å². The number of pyridine rings is 1. The molecule has 0 aliphatic rings. The van der Waals surface area contributed by atoms with Gasteiger partial charge in [-0.25, -0.2) is 0 Å². The molecule has 0 saturated carbocycles. The fourth-order valence-electron chi connectivity index (χ4n) is 2.02. The van der Waals surface area contributed by atoms with Crippen molar-refractivity contribution < 1.29 is 9.52 Å². The van der Waals surface area contributed by atoms with Crippen molar-refractivity contribution in [2.45, 2.75) is 19.9 Å². The van der Waals surface area contributed by atoms with Crippen LogP contribution in [0.1, 0.15) is 34.5 Å². The van der Waals surface area contributed by atoms with Crippen LogP contribution in [0, 0.1) is 12.1 Å². The molecule has 0 spiro atoms. The Hall–Kier alpha value is -2.36. The van der Waals surface area contributed by atoms with E-state index in [4.69, 9.17) is 0 Å². The summed E-state index contributed by atoms with van der Waals surface area (Å²) in [7, 11) is 0. The van der Waals surface area contributed by atoms with E-state index in [2.05, 4.69) is 5.32 Å². The van der Waals surface area contributed by atoms with Gasteiger partial charge in [-0.05, 0) is 31.0 Å². The average Bonchev–Trinajstić information content (AvgIpc) is 2.39. The standard InChI is InChI=1S/C15H16N2O2/c1-11-6-3-4-8-14(11)12(2)16-15(18)13-7-5-9-17(19)10-13/h3-10,12H,1-2H3,(H,16,18)/t12-/m1/s1. The topological polar surface area (TPSA) is 56.0 Å². The smallest absolute Gasteiger partial charge is 0.257 e. The Bertz CT molecular complexity index is 596. The summed E-state index contributed by atoms with van der Waals surface area (Å²) in [6.07, 6.45) is 2.61. The van der Waals surface area contributed by atoms with Crippen molar-refractivity contribution in [1.29, 1.82) is 0 Å². The predicted molar refractivity (Wildman–Crippen MR) is 72.5 cm³/mol. The molecule has 0 aliphatic heterocycles. The summed E-state index contributed by atoms with van der Waals surface area (Å²) < 4.78 is 0.618. The molecule has 4 nitrogen and oxygen atoms in total. The van der Waals surface area contributed by atoms with E-state index in [1.807, 2.05) is 38.1 Å². The molecule has 19 heavy (non-hydrogen) atoms. The second kappa shape index (κ2) is 5.52. The average molecular weight is 256 g/mol. The number of carbonyl (C=O) groups excluding carboxylic acids is 1. The normalized spacial score (nSPS) is 11.9. The molecule has 0 bridgehead atoms. The monoisotopic (exact) mass is 256 g/mol. The molecule has 1 aromatic heterocycles. The molecule has 1 aromatic carbocycles. The maximum atomic E-state index is 12.0. The van der Waals surface area contributed by atoms with Crippen LogP contribution < -0.4 is 10.0 Å². The van der Waals surface area contributed by atoms with Crippen LogP contribution in [-0.2, 0) is 0 Å². The summed E-state index contributed by atoms with van der Waals surface area (Å²) in [5.41, 5.74) is 2.56. The molecule has 0 unspecified atom stereocenters. The summed E-state index contributed by atoms with van der Waals surface area (Å²) in [6.45, 7) is 3.93.